The predicted molar refractivity (Wildman–Crippen MR) is 80.2 cm³/mol. The molecule has 0 radical (unpaired) electrons. The van der Waals surface area contributed by atoms with Crippen LogP contribution < -0.4 is 15.5 Å². The van der Waals surface area contributed by atoms with E-state index in [0.29, 0.717) is 12.2 Å². The minimum atomic E-state index is -0.209. The molecule has 1 saturated carbocycles. The van der Waals surface area contributed by atoms with Crippen molar-refractivity contribution in [3.8, 4) is 0 Å². The molecule has 112 valence electrons. The van der Waals surface area contributed by atoms with Crippen molar-refractivity contribution in [2.45, 2.75) is 44.6 Å². The number of urea groups is 1. The van der Waals surface area contributed by atoms with E-state index in [0.717, 1.165) is 31.5 Å². The second kappa shape index (κ2) is 6.11. The summed E-state index contributed by atoms with van der Waals surface area (Å²) in [5.41, 5.74) is 0.791. The number of hydrogen-bond donors (Lipinski definition) is 2. The third-order valence-corrected chi connectivity index (χ3v) is 4.06. The predicted octanol–water partition coefficient (Wildman–Crippen LogP) is 2.27. The first-order valence-electron chi connectivity index (χ1n) is 7.56. The molecule has 1 aliphatic heterocycles. The van der Waals surface area contributed by atoms with Crippen molar-refractivity contribution in [2.24, 2.45) is 0 Å². The van der Waals surface area contributed by atoms with Gasteiger partial charge >= 0.3 is 6.03 Å². The first-order valence-corrected chi connectivity index (χ1v) is 7.56. The molecule has 0 unspecified atom stereocenters. The van der Waals surface area contributed by atoms with Gasteiger partial charge in [-0.1, -0.05) is 12.8 Å². The molecule has 1 aliphatic carbocycles. The topological polar surface area (TPSA) is 74.3 Å². The van der Waals surface area contributed by atoms with Crippen molar-refractivity contribution >= 4 is 23.4 Å². The Kier molecular flexibility index (Phi) is 4.03. The van der Waals surface area contributed by atoms with Crippen molar-refractivity contribution in [3.63, 3.8) is 0 Å². The first-order chi connectivity index (χ1) is 10.2. The lowest BCUT2D eigenvalue weighted by atomic mass is 10.2. The van der Waals surface area contributed by atoms with E-state index in [1.807, 2.05) is 6.07 Å². The number of anilines is 2. The SMILES string of the molecule is O=C(Nc1ccc(N2CCCC2=O)cn1)NC1CCCC1. The zero-order valence-electron chi connectivity index (χ0n) is 12.0. The summed E-state index contributed by atoms with van der Waals surface area (Å²) in [6, 6.07) is 3.63. The number of hydrogen-bond acceptors (Lipinski definition) is 3. The fourth-order valence-electron chi connectivity index (χ4n) is 2.95. The van der Waals surface area contributed by atoms with Crippen LogP contribution in [0, 0.1) is 0 Å². The lowest BCUT2D eigenvalue weighted by molar-refractivity contribution is -0.117. The fourth-order valence-corrected chi connectivity index (χ4v) is 2.95. The van der Waals surface area contributed by atoms with Gasteiger partial charge in [-0.15, -0.1) is 0 Å². The average Bonchev–Trinajstić information content (AvgIpc) is 3.11. The van der Waals surface area contributed by atoms with Crippen LogP contribution in [0.1, 0.15) is 38.5 Å². The quantitative estimate of drug-likeness (QED) is 0.896. The Morgan fingerprint density at radius 1 is 1.24 bits per heavy atom. The molecular formula is C15H20N4O2. The van der Waals surface area contributed by atoms with Crippen LogP contribution in [0.25, 0.3) is 0 Å². The summed E-state index contributed by atoms with van der Waals surface area (Å²) in [5, 5.41) is 5.68. The minimum Gasteiger partial charge on any atom is -0.335 e. The fraction of sp³-hybridized carbons (Fsp3) is 0.533. The first kappa shape index (κ1) is 13.9. The van der Waals surface area contributed by atoms with Gasteiger partial charge in [-0.05, 0) is 31.4 Å². The molecule has 21 heavy (non-hydrogen) atoms. The number of aromatic nitrogens is 1. The van der Waals surface area contributed by atoms with Crippen LogP contribution in [0.2, 0.25) is 0 Å². The van der Waals surface area contributed by atoms with Crippen LogP contribution in [0.15, 0.2) is 18.3 Å². The monoisotopic (exact) mass is 288 g/mol. The summed E-state index contributed by atoms with van der Waals surface area (Å²) in [7, 11) is 0. The van der Waals surface area contributed by atoms with Crippen molar-refractivity contribution in [1.29, 1.82) is 0 Å². The summed E-state index contributed by atoms with van der Waals surface area (Å²) in [6.45, 7) is 0.745. The third kappa shape index (κ3) is 3.32. The number of nitrogens with zero attached hydrogens (tertiary/aromatic N) is 2. The second-order valence-corrected chi connectivity index (χ2v) is 5.63. The normalized spacial score (nSPS) is 19.0. The van der Waals surface area contributed by atoms with Crippen LogP contribution in [0.3, 0.4) is 0 Å². The van der Waals surface area contributed by atoms with Gasteiger partial charge in [0, 0.05) is 19.0 Å². The molecule has 0 spiro atoms. The Labute approximate surface area is 123 Å². The Balaban J connectivity index is 1.56. The van der Waals surface area contributed by atoms with E-state index >= 15 is 0 Å². The van der Waals surface area contributed by atoms with E-state index in [-0.39, 0.29) is 18.0 Å². The minimum absolute atomic E-state index is 0.136. The van der Waals surface area contributed by atoms with Gasteiger partial charge in [-0.2, -0.15) is 0 Å². The number of amides is 3. The van der Waals surface area contributed by atoms with Crippen LogP contribution in [0.5, 0.6) is 0 Å². The number of carbonyl (C=O) groups is 2. The summed E-state index contributed by atoms with van der Waals surface area (Å²) in [4.78, 5) is 29.4. The van der Waals surface area contributed by atoms with Gasteiger partial charge in [0.25, 0.3) is 0 Å². The molecule has 2 fully saturated rings. The largest absolute Gasteiger partial charge is 0.335 e. The Morgan fingerprint density at radius 3 is 2.67 bits per heavy atom. The van der Waals surface area contributed by atoms with Crippen molar-refractivity contribution < 1.29 is 9.59 Å². The second-order valence-electron chi connectivity index (χ2n) is 5.63. The maximum absolute atomic E-state index is 11.8. The summed E-state index contributed by atoms with van der Waals surface area (Å²) in [5.74, 6) is 0.636. The van der Waals surface area contributed by atoms with E-state index < -0.39 is 0 Å². The average molecular weight is 288 g/mol. The zero-order chi connectivity index (χ0) is 14.7. The van der Waals surface area contributed by atoms with Gasteiger partial charge in [-0.3, -0.25) is 10.1 Å². The lowest BCUT2D eigenvalue weighted by Gasteiger charge is -2.16. The maximum atomic E-state index is 11.8. The van der Waals surface area contributed by atoms with E-state index in [1.54, 1.807) is 17.2 Å². The van der Waals surface area contributed by atoms with E-state index in [1.165, 1.54) is 12.8 Å². The molecule has 0 atom stereocenters. The third-order valence-electron chi connectivity index (χ3n) is 4.06. The molecule has 1 aromatic rings. The lowest BCUT2D eigenvalue weighted by Crippen LogP contribution is -2.36. The zero-order valence-corrected chi connectivity index (χ0v) is 12.0. The molecule has 1 saturated heterocycles. The molecule has 0 bridgehead atoms. The number of pyridine rings is 1. The van der Waals surface area contributed by atoms with Crippen molar-refractivity contribution in [2.75, 3.05) is 16.8 Å². The summed E-state index contributed by atoms with van der Waals surface area (Å²) in [6.07, 6.45) is 7.60. The highest BCUT2D eigenvalue weighted by molar-refractivity contribution is 5.95. The van der Waals surface area contributed by atoms with E-state index in [4.69, 9.17) is 0 Å². The maximum Gasteiger partial charge on any atom is 0.320 e. The molecule has 6 heteroatoms. The Morgan fingerprint density at radius 2 is 2.05 bits per heavy atom. The standard InChI is InChI=1S/C15H20N4O2/c20-14-6-3-9-19(14)12-7-8-13(16-10-12)18-15(21)17-11-4-1-2-5-11/h7-8,10-11H,1-6,9H2,(H2,16,17,18,21). The molecule has 1 aromatic heterocycles. The molecule has 3 rings (SSSR count). The Hall–Kier alpha value is -2.11. The van der Waals surface area contributed by atoms with Gasteiger partial charge < -0.3 is 10.2 Å². The number of rotatable bonds is 3. The molecule has 2 N–H and O–H groups in total. The van der Waals surface area contributed by atoms with Gasteiger partial charge in [0.05, 0.1) is 11.9 Å². The van der Waals surface area contributed by atoms with Crippen LogP contribution in [0.4, 0.5) is 16.3 Å². The number of carbonyl (C=O) groups excluding carboxylic acids is 2. The Bertz CT molecular complexity index is 523. The van der Waals surface area contributed by atoms with Crippen LogP contribution in [-0.2, 0) is 4.79 Å². The smallest absolute Gasteiger partial charge is 0.320 e. The van der Waals surface area contributed by atoms with E-state index in [2.05, 4.69) is 15.6 Å². The molecule has 0 aromatic carbocycles. The highest BCUT2D eigenvalue weighted by Crippen LogP contribution is 2.21. The van der Waals surface area contributed by atoms with Crippen LogP contribution in [-0.4, -0.2) is 29.5 Å². The van der Waals surface area contributed by atoms with Gasteiger partial charge in [0.1, 0.15) is 5.82 Å². The number of nitrogens with one attached hydrogen (secondary N) is 2. The van der Waals surface area contributed by atoms with Gasteiger partial charge in [0.15, 0.2) is 0 Å². The molecule has 3 amide bonds. The molecule has 2 aliphatic rings. The van der Waals surface area contributed by atoms with Gasteiger partial charge in [-0.25, -0.2) is 9.78 Å². The molecule has 6 nitrogen and oxygen atoms in total. The summed E-state index contributed by atoms with van der Waals surface area (Å²) < 4.78 is 0. The van der Waals surface area contributed by atoms with Crippen molar-refractivity contribution in [1.82, 2.24) is 10.3 Å². The highest BCUT2D eigenvalue weighted by atomic mass is 16.2. The van der Waals surface area contributed by atoms with Crippen LogP contribution >= 0.6 is 0 Å². The van der Waals surface area contributed by atoms with E-state index in [9.17, 15) is 9.59 Å². The summed E-state index contributed by atoms with van der Waals surface area (Å²) >= 11 is 0. The van der Waals surface area contributed by atoms with Crippen molar-refractivity contribution in [3.05, 3.63) is 18.3 Å². The van der Waals surface area contributed by atoms with Gasteiger partial charge in [0.2, 0.25) is 5.91 Å². The molecular weight excluding hydrogens is 268 g/mol. The highest BCUT2D eigenvalue weighted by Gasteiger charge is 2.22. The molecule has 2 heterocycles.